The molecule has 4 rings (SSSR count). The number of piperazine rings is 1. The van der Waals surface area contributed by atoms with Gasteiger partial charge < -0.3 is 15.1 Å². The molecule has 1 saturated heterocycles. The third-order valence-corrected chi connectivity index (χ3v) is 6.53. The minimum Gasteiger partial charge on any atom is -0.354 e. The first-order chi connectivity index (χ1) is 14.4. The van der Waals surface area contributed by atoms with Gasteiger partial charge in [0.25, 0.3) is 10.0 Å². The molecule has 0 saturated carbocycles. The molecule has 0 spiro atoms. The molecule has 2 aromatic rings. The third-order valence-electron chi connectivity index (χ3n) is 5.13. The molecule has 1 aromatic carbocycles. The second-order valence-corrected chi connectivity index (χ2v) is 8.98. The van der Waals surface area contributed by atoms with Gasteiger partial charge in [0.2, 0.25) is 5.91 Å². The van der Waals surface area contributed by atoms with Crippen LogP contribution in [0.25, 0.3) is 0 Å². The molecule has 3 heterocycles. The molecule has 10 heteroatoms. The topological polar surface area (TPSA) is 107 Å². The second-order valence-electron chi connectivity index (χ2n) is 7.33. The number of benzene rings is 1. The molecule has 1 fully saturated rings. The van der Waals surface area contributed by atoms with Gasteiger partial charge in [0, 0.05) is 38.2 Å². The number of anilines is 2. The van der Waals surface area contributed by atoms with Gasteiger partial charge in [-0.05, 0) is 31.3 Å². The smallest absolute Gasteiger partial charge is 0.263 e. The third kappa shape index (κ3) is 4.44. The molecule has 2 aliphatic heterocycles. The van der Waals surface area contributed by atoms with Crippen LogP contribution in [-0.4, -0.2) is 69.8 Å². The van der Waals surface area contributed by atoms with Crippen molar-refractivity contribution in [2.45, 2.75) is 11.3 Å². The van der Waals surface area contributed by atoms with Crippen molar-refractivity contribution in [1.82, 2.24) is 14.6 Å². The summed E-state index contributed by atoms with van der Waals surface area (Å²) in [5, 5.41) is 2.80. The minimum absolute atomic E-state index is 0.133. The Morgan fingerprint density at radius 2 is 1.93 bits per heavy atom. The first-order valence-corrected chi connectivity index (χ1v) is 11.3. The van der Waals surface area contributed by atoms with Crippen molar-refractivity contribution < 1.29 is 13.2 Å². The number of pyridine rings is 1. The van der Waals surface area contributed by atoms with Crippen molar-refractivity contribution in [3.8, 4) is 0 Å². The van der Waals surface area contributed by atoms with Crippen molar-refractivity contribution in [2.24, 2.45) is 4.99 Å². The highest BCUT2D eigenvalue weighted by molar-refractivity contribution is 7.90. The van der Waals surface area contributed by atoms with Crippen molar-refractivity contribution in [3.05, 3.63) is 48.2 Å². The Bertz CT molecular complexity index is 1060. The van der Waals surface area contributed by atoms with E-state index in [1.165, 1.54) is 6.07 Å². The van der Waals surface area contributed by atoms with Gasteiger partial charge in [-0.15, -0.1) is 0 Å². The summed E-state index contributed by atoms with van der Waals surface area (Å²) in [5.41, 5.74) is 1.15. The Balaban J connectivity index is 1.31. The molecule has 0 atom stereocenters. The Morgan fingerprint density at radius 1 is 1.17 bits per heavy atom. The minimum atomic E-state index is -3.57. The lowest BCUT2D eigenvalue weighted by Crippen LogP contribution is -2.44. The molecule has 158 valence electrons. The molecule has 0 aliphatic carbocycles. The highest BCUT2D eigenvalue weighted by Crippen LogP contribution is 2.22. The van der Waals surface area contributed by atoms with E-state index in [2.05, 4.69) is 36.9 Å². The average Bonchev–Trinajstić information content (AvgIpc) is 3.00. The summed E-state index contributed by atoms with van der Waals surface area (Å²) in [6.45, 7) is 4.04. The molecule has 2 N–H and O–H groups in total. The SMILES string of the molecule is CN1CCN(c2ccc(NC(=O)CCN=C3NS(=O)(=O)c4ccccc43)cn2)CC1. The fraction of sp³-hybridized carbons (Fsp3) is 0.350. The van der Waals surface area contributed by atoms with E-state index in [0.29, 0.717) is 11.3 Å². The summed E-state index contributed by atoms with van der Waals surface area (Å²) in [4.78, 5) is 25.6. The average molecular weight is 429 g/mol. The van der Waals surface area contributed by atoms with Crippen LogP contribution >= 0.6 is 0 Å². The van der Waals surface area contributed by atoms with Crippen LogP contribution in [0.1, 0.15) is 12.0 Å². The predicted molar refractivity (Wildman–Crippen MR) is 115 cm³/mol. The van der Waals surface area contributed by atoms with Crippen LogP contribution in [0.5, 0.6) is 0 Å². The summed E-state index contributed by atoms with van der Waals surface area (Å²) >= 11 is 0. The summed E-state index contributed by atoms with van der Waals surface area (Å²) in [7, 11) is -1.46. The molecule has 2 aliphatic rings. The Morgan fingerprint density at radius 3 is 2.67 bits per heavy atom. The number of sulfonamides is 1. The van der Waals surface area contributed by atoms with Crippen LogP contribution in [0, 0.1) is 0 Å². The standard InChI is InChI=1S/C20H24N6O3S/c1-25-10-12-26(13-11-25)18-7-6-15(14-22-18)23-19(27)8-9-21-20-16-4-2-3-5-17(16)30(28,29)24-20/h2-7,14H,8-13H2,1H3,(H,21,24)(H,23,27). The van der Waals surface area contributed by atoms with Crippen molar-refractivity contribution in [3.63, 3.8) is 0 Å². The van der Waals surface area contributed by atoms with E-state index in [-0.39, 0.29) is 29.6 Å². The van der Waals surface area contributed by atoms with Crippen LogP contribution < -0.4 is 14.9 Å². The summed E-state index contributed by atoms with van der Waals surface area (Å²) in [6.07, 6.45) is 1.78. The Kier molecular flexibility index (Phi) is 5.69. The molecule has 9 nitrogen and oxygen atoms in total. The summed E-state index contributed by atoms with van der Waals surface area (Å²) < 4.78 is 26.6. The van der Waals surface area contributed by atoms with E-state index < -0.39 is 10.0 Å². The Labute approximate surface area is 175 Å². The number of rotatable bonds is 5. The van der Waals surface area contributed by atoms with Gasteiger partial charge in [0.1, 0.15) is 11.7 Å². The fourth-order valence-electron chi connectivity index (χ4n) is 3.43. The lowest BCUT2D eigenvalue weighted by atomic mass is 10.2. The maximum Gasteiger partial charge on any atom is 0.263 e. The number of likely N-dealkylation sites (N-methyl/N-ethyl adjacent to an activating group) is 1. The molecule has 0 radical (unpaired) electrons. The van der Waals surface area contributed by atoms with Crippen molar-refractivity contribution in [1.29, 1.82) is 0 Å². The van der Waals surface area contributed by atoms with Crippen LogP contribution in [0.3, 0.4) is 0 Å². The molecular formula is C20H24N6O3S. The number of nitrogens with zero attached hydrogens (tertiary/aromatic N) is 4. The van der Waals surface area contributed by atoms with Crippen LogP contribution in [0.4, 0.5) is 11.5 Å². The summed E-state index contributed by atoms with van der Waals surface area (Å²) in [6, 6.07) is 10.4. The monoisotopic (exact) mass is 428 g/mol. The number of hydrogen-bond donors (Lipinski definition) is 2. The Hall–Kier alpha value is -2.98. The number of amides is 1. The zero-order chi connectivity index (χ0) is 21.1. The molecule has 1 amide bonds. The number of hydrogen-bond acceptors (Lipinski definition) is 7. The van der Waals surface area contributed by atoms with E-state index in [9.17, 15) is 13.2 Å². The van der Waals surface area contributed by atoms with Crippen molar-refractivity contribution >= 4 is 33.3 Å². The lowest BCUT2D eigenvalue weighted by molar-refractivity contribution is -0.116. The first kappa shape index (κ1) is 20.3. The largest absolute Gasteiger partial charge is 0.354 e. The molecule has 30 heavy (non-hydrogen) atoms. The van der Waals surface area contributed by atoms with E-state index >= 15 is 0 Å². The first-order valence-electron chi connectivity index (χ1n) is 9.78. The van der Waals surface area contributed by atoms with E-state index in [4.69, 9.17) is 0 Å². The van der Waals surface area contributed by atoms with Gasteiger partial charge in [-0.25, -0.2) is 13.4 Å². The van der Waals surface area contributed by atoms with Gasteiger partial charge in [-0.3, -0.25) is 14.5 Å². The van der Waals surface area contributed by atoms with Crippen LogP contribution in [-0.2, 0) is 14.8 Å². The number of aliphatic imine (C=N–C) groups is 1. The molecule has 0 bridgehead atoms. The summed E-state index contributed by atoms with van der Waals surface area (Å²) in [5.74, 6) is 0.971. The van der Waals surface area contributed by atoms with E-state index in [1.807, 2.05) is 12.1 Å². The van der Waals surface area contributed by atoms with Crippen molar-refractivity contribution in [2.75, 3.05) is 50.0 Å². The normalized spacial score (nSPS) is 19.4. The number of aromatic nitrogens is 1. The fourth-order valence-corrected chi connectivity index (χ4v) is 4.68. The highest BCUT2D eigenvalue weighted by atomic mass is 32.2. The number of carbonyl (C=O) groups excluding carboxylic acids is 1. The van der Waals surface area contributed by atoms with Gasteiger partial charge >= 0.3 is 0 Å². The van der Waals surface area contributed by atoms with E-state index in [0.717, 1.165) is 32.0 Å². The second kappa shape index (κ2) is 8.41. The number of nitrogens with one attached hydrogen (secondary N) is 2. The van der Waals surface area contributed by atoms with Crippen LogP contribution in [0.2, 0.25) is 0 Å². The van der Waals surface area contributed by atoms with Gasteiger partial charge in [-0.2, -0.15) is 0 Å². The molecule has 0 unspecified atom stereocenters. The predicted octanol–water partition coefficient (Wildman–Crippen LogP) is 0.901. The zero-order valence-corrected chi connectivity index (χ0v) is 17.5. The quantitative estimate of drug-likeness (QED) is 0.733. The number of carbonyl (C=O) groups is 1. The molecular weight excluding hydrogens is 404 g/mol. The van der Waals surface area contributed by atoms with Gasteiger partial charge in [-0.1, -0.05) is 12.1 Å². The highest BCUT2D eigenvalue weighted by Gasteiger charge is 2.29. The van der Waals surface area contributed by atoms with E-state index in [1.54, 1.807) is 24.4 Å². The van der Waals surface area contributed by atoms with Gasteiger partial charge in [0.05, 0.1) is 23.3 Å². The maximum absolute atomic E-state index is 12.2. The lowest BCUT2D eigenvalue weighted by Gasteiger charge is -2.33. The number of fused-ring (bicyclic) bond motifs is 1. The zero-order valence-electron chi connectivity index (χ0n) is 16.7. The molecule has 1 aromatic heterocycles. The van der Waals surface area contributed by atoms with Gasteiger partial charge in [0.15, 0.2) is 0 Å². The van der Waals surface area contributed by atoms with Crippen LogP contribution in [0.15, 0.2) is 52.5 Å². The number of amidine groups is 1. The maximum atomic E-state index is 12.2.